The number of anilines is 1. The number of aliphatic hydroxyl groups excluding tert-OH is 1. The quantitative estimate of drug-likeness (QED) is 0.898. The maximum Gasteiger partial charge on any atom is 0.123 e. The molecular formula is C16H25FN2O2. The highest BCUT2D eigenvalue weighted by Crippen LogP contribution is 2.15. The maximum absolute atomic E-state index is 12.9. The fourth-order valence-electron chi connectivity index (χ4n) is 2.91. The van der Waals surface area contributed by atoms with Gasteiger partial charge in [0.05, 0.1) is 18.3 Å². The molecule has 0 aliphatic carbocycles. The third-order valence-corrected chi connectivity index (χ3v) is 3.72. The van der Waals surface area contributed by atoms with Crippen molar-refractivity contribution >= 4 is 5.69 Å². The van der Waals surface area contributed by atoms with Crippen LogP contribution in [0, 0.1) is 5.82 Å². The van der Waals surface area contributed by atoms with Gasteiger partial charge < -0.3 is 14.7 Å². The molecule has 1 fully saturated rings. The summed E-state index contributed by atoms with van der Waals surface area (Å²) in [6, 6.07) is 6.31. The van der Waals surface area contributed by atoms with Gasteiger partial charge in [0.2, 0.25) is 0 Å². The Kier molecular flexibility index (Phi) is 5.56. The molecule has 1 aliphatic heterocycles. The zero-order valence-electron chi connectivity index (χ0n) is 13.0. The number of ether oxygens (including phenoxy) is 1. The lowest BCUT2D eigenvalue weighted by Gasteiger charge is -2.36. The Morgan fingerprint density at radius 3 is 2.43 bits per heavy atom. The van der Waals surface area contributed by atoms with E-state index < -0.39 is 6.10 Å². The van der Waals surface area contributed by atoms with Crippen molar-refractivity contribution in [3.8, 4) is 0 Å². The lowest BCUT2D eigenvalue weighted by Crippen LogP contribution is -2.49. The van der Waals surface area contributed by atoms with Crippen LogP contribution < -0.4 is 4.90 Å². The first-order valence-corrected chi connectivity index (χ1v) is 7.46. The van der Waals surface area contributed by atoms with Gasteiger partial charge in [-0.15, -0.1) is 0 Å². The molecule has 1 N–H and O–H groups in total. The van der Waals surface area contributed by atoms with Crippen molar-refractivity contribution in [2.45, 2.75) is 32.2 Å². The number of aliphatic hydroxyl groups is 1. The van der Waals surface area contributed by atoms with E-state index in [2.05, 4.69) is 18.7 Å². The minimum Gasteiger partial charge on any atom is -0.390 e. The van der Waals surface area contributed by atoms with Crippen molar-refractivity contribution < 1.29 is 14.2 Å². The lowest BCUT2D eigenvalue weighted by molar-refractivity contribution is -0.0758. The summed E-state index contributed by atoms with van der Waals surface area (Å²) in [7, 11) is 1.90. The van der Waals surface area contributed by atoms with Crippen molar-refractivity contribution in [2.24, 2.45) is 0 Å². The first-order valence-electron chi connectivity index (χ1n) is 7.46. The minimum absolute atomic E-state index is 0.204. The van der Waals surface area contributed by atoms with Gasteiger partial charge in [0.15, 0.2) is 0 Å². The molecule has 0 bridgehead atoms. The fourth-order valence-corrected chi connectivity index (χ4v) is 2.91. The van der Waals surface area contributed by atoms with Gasteiger partial charge in [-0.25, -0.2) is 4.39 Å². The average Bonchev–Trinajstić information content (AvgIpc) is 2.37. The van der Waals surface area contributed by atoms with Gasteiger partial charge in [0.25, 0.3) is 0 Å². The maximum atomic E-state index is 12.9. The summed E-state index contributed by atoms with van der Waals surface area (Å²) in [4.78, 5) is 4.18. The molecule has 3 atom stereocenters. The molecule has 4 nitrogen and oxygen atoms in total. The van der Waals surface area contributed by atoms with Gasteiger partial charge in [-0.1, -0.05) is 0 Å². The third-order valence-electron chi connectivity index (χ3n) is 3.72. The Morgan fingerprint density at radius 1 is 1.29 bits per heavy atom. The van der Waals surface area contributed by atoms with Gasteiger partial charge in [0.1, 0.15) is 5.82 Å². The van der Waals surface area contributed by atoms with Gasteiger partial charge in [-0.2, -0.15) is 0 Å². The zero-order valence-corrected chi connectivity index (χ0v) is 13.0. The van der Waals surface area contributed by atoms with Crippen LogP contribution in [0.4, 0.5) is 10.1 Å². The summed E-state index contributed by atoms with van der Waals surface area (Å²) in [5.41, 5.74) is 0.902. The highest BCUT2D eigenvalue weighted by molar-refractivity contribution is 5.45. The number of likely N-dealkylation sites (N-methyl/N-ethyl adjacent to an activating group) is 1. The van der Waals surface area contributed by atoms with Gasteiger partial charge in [-0.3, -0.25) is 4.90 Å². The van der Waals surface area contributed by atoms with Crippen LogP contribution in [0.3, 0.4) is 0 Å². The Bertz CT molecular complexity index is 430. The second kappa shape index (κ2) is 7.20. The van der Waals surface area contributed by atoms with Crippen LogP contribution in [0.25, 0.3) is 0 Å². The molecule has 2 rings (SSSR count). The first-order chi connectivity index (χ1) is 9.94. The molecule has 0 aromatic heterocycles. The molecule has 0 radical (unpaired) electrons. The molecule has 1 aromatic carbocycles. The molecule has 118 valence electrons. The molecule has 1 heterocycles. The second-order valence-electron chi connectivity index (χ2n) is 5.99. The van der Waals surface area contributed by atoms with E-state index in [-0.39, 0.29) is 18.0 Å². The lowest BCUT2D eigenvalue weighted by atomic mass is 10.2. The molecule has 1 saturated heterocycles. The predicted molar refractivity (Wildman–Crippen MR) is 82.1 cm³/mol. The predicted octanol–water partition coefficient (Wildman–Crippen LogP) is 1.73. The van der Waals surface area contributed by atoms with Gasteiger partial charge in [-0.05, 0) is 38.1 Å². The van der Waals surface area contributed by atoms with E-state index >= 15 is 0 Å². The normalized spacial score (nSPS) is 24.8. The Balaban J connectivity index is 1.83. The SMILES string of the molecule is CC1CN(CC(O)CN(C)c2ccc(F)cc2)CC(C)O1. The standard InChI is InChI=1S/C16H25FN2O2/c1-12-8-19(9-13(2)21-12)11-16(20)10-18(3)15-6-4-14(17)5-7-15/h4-7,12-13,16,20H,8-11H2,1-3H3. The fraction of sp³-hybridized carbons (Fsp3) is 0.625. The first kappa shape index (κ1) is 16.2. The highest BCUT2D eigenvalue weighted by atomic mass is 19.1. The molecule has 21 heavy (non-hydrogen) atoms. The zero-order chi connectivity index (χ0) is 15.4. The summed E-state index contributed by atoms with van der Waals surface area (Å²) in [6.45, 7) is 6.96. The van der Waals surface area contributed by atoms with Gasteiger partial charge >= 0.3 is 0 Å². The second-order valence-corrected chi connectivity index (χ2v) is 5.99. The number of hydrogen-bond donors (Lipinski definition) is 1. The molecule has 0 saturated carbocycles. The van der Waals surface area contributed by atoms with Crippen LogP contribution in [0.5, 0.6) is 0 Å². The summed E-state index contributed by atoms with van der Waals surface area (Å²) in [5.74, 6) is -0.246. The van der Waals surface area contributed by atoms with Crippen LogP contribution in [-0.2, 0) is 4.74 Å². The topological polar surface area (TPSA) is 35.9 Å². The molecular weight excluding hydrogens is 271 g/mol. The van der Waals surface area contributed by atoms with Crippen molar-refractivity contribution in [3.05, 3.63) is 30.1 Å². The Morgan fingerprint density at radius 2 is 1.86 bits per heavy atom. The van der Waals surface area contributed by atoms with E-state index in [0.29, 0.717) is 13.1 Å². The summed E-state index contributed by atoms with van der Waals surface area (Å²) >= 11 is 0. The number of β-amino-alcohol motifs (C(OH)–C–C–N with tert-alkyl or cyclic N) is 1. The van der Waals surface area contributed by atoms with Crippen molar-refractivity contribution in [2.75, 3.05) is 38.1 Å². The Hall–Kier alpha value is -1.17. The van der Waals surface area contributed by atoms with Crippen LogP contribution >= 0.6 is 0 Å². The van der Waals surface area contributed by atoms with Crippen LogP contribution in [0.2, 0.25) is 0 Å². The van der Waals surface area contributed by atoms with E-state index in [9.17, 15) is 9.50 Å². The molecule has 5 heteroatoms. The molecule has 3 unspecified atom stereocenters. The van der Waals surface area contributed by atoms with Crippen molar-refractivity contribution in [1.82, 2.24) is 4.90 Å². The highest BCUT2D eigenvalue weighted by Gasteiger charge is 2.24. The van der Waals surface area contributed by atoms with E-state index in [4.69, 9.17) is 4.74 Å². The van der Waals surface area contributed by atoms with Crippen LogP contribution in [-0.4, -0.2) is 61.5 Å². The number of rotatable bonds is 5. The minimum atomic E-state index is -0.447. The summed E-state index contributed by atoms with van der Waals surface area (Å²) in [5, 5.41) is 10.3. The summed E-state index contributed by atoms with van der Waals surface area (Å²) < 4.78 is 18.6. The Labute approximate surface area is 126 Å². The molecule has 0 amide bonds. The van der Waals surface area contributed by atoms with Crippen LogP contribution in [0.1, 0.15) is 13.8 Å². The molecule has 1 aliphatic rings. The van der Waals surface area contributed by atoms with Gasteiger partial charge in [0, 0.05) is 38.9 Å². The number of nitrogens with zero attached hydrogens (tertiary/aromatic N) is 2. The van der Waals surface area contributed by atoms with Crippen molar-refractivity contribution in [1.29, 1.82) is 0 Å². The monoisotopic (exact) mass is 296 g/mol. The van der Waals surface area contributed by atoms with E-state index in [0.717, 1.165) is 18.8 Å². The van der Waals surface area contributed by atoms with E-state index in [1.54, 1.807) is 12.1 Å². The molecule has 0 spiro atoms. The van der Waals surface area contributed by atoms with Crippen molar-refractivity contribution in [3.63, 3.8) is 0 Å². The van der Waals surface area contributed by atoms with E-state index in [1.807, 2.05) is 11.9 Å². The largest absolute Gasteiger partial charge is 0.390 e. The number of morpholine rings is 1. The number of halogens is 1. The molecule has 1 aromatic rings. The number of benzene rings is 1. The summed E-state index contributed by atoms with van der Waals surface area (Å²) in [6.07, 6.45) is -0.0379. The third kappa shape index (κ3) is 4.95. The van der Waals surface area contributed by atoms with Crippen LogP contribution in [0.15, 0.2) is 24.3 Å². The average molecular weight is 296 g/mol. The smallest absolute Gasteiger partial charge is 0.123 e. The van der Waals surface area contributed by atoms with E-state index in [1.165, 1.54) is 12.1 Å². The number of hydrogen-bond acceptors (Lipinski definition) is 4.